The molecule has 4 rings (SSSR count). The molecule has 0 aliphatic carbocycles. The molecule has 0 saturated carbocycles. The Bertz CT molecular complexity index is 1100. The number of primary amides is 1. The Morgan fingerprint density at radius 3 is 2.90 bits per heavy atom. The lowest BCUT2D eigenvalue weighted by Gasteiger charge is -2.32. The van der Waals surface area contributed by atoms with E-state index in [0.717, 1.165) is 48.3 Å². The van der Waals surface area contributed by atoms with Gasteiger partial charge in [-0.2, -0.15) is 5.10 Å². The number of anilines is 1. The topological polar surface area (TPSA) is 73.4 Å². The normalized spacial score (nSPS) is 13.2. The van der Waals surface area contributed by atoms with Crippen molar-refractivity contribution in [2.75, 3.05) is 18.1 Å². The maximum atomic E-state index is 14.4. The Labute approximate surface area is 172 Å². The van der Waals surface area contributed by atoms with Gasteiger partial charge in [-0.15, -0.1) is 0 Å². The highest BCUT2D eigenvalue weighted by molar-refractivity contribution is 5.75. The van der Waals surface area contributed by atoms with Crippen LogP contribution in [0.2, 0.25) is 0 Å². The number of aromatic nitrogens is 2. The molecule has 2 N–H and O–H groups in total. The molecule has 30 heavy (non-hydrogen) atoms. The number of nitrogens with zero attached hydrogens (tertiary/aromatic N) is 3. The van der Waals surface area contributed by atoms with Crippen molar-refractivity contribution in [1.82, 2.24) is 9.78 Å². The minimum absolute atomic E-state index is 0.140. The highest BCUT2D eigenvalue weighted by Crippen LogP contribution is 2.36. The fourth-order valence-corrected chi connectivity index (χ4v) is 3.88. The van der Waals surface area contributed by atoms with Crippen molar-refractivity contribution in [2.24, 2.45) is 12.8 Å². The van der Waals surface area contributed by atoms with Gasteiger partial charge in [-0.3, -0.25) is 9.48 Å². The number of aryl methyl sites for hydroxylation is 1. The lowest BCUT2D eigenvalue weighted by Crippen LogP contribution is -2.29. The second-order valence-electron chi connectivity index (χ2n) is 7.33. The van der Waals surface area contributed by atoms with Gasteiger partial charge in [-0.1, -0.05) is 6.07 Å². The summed E-state index contributed by atoms with van der Waals surface area (Å²) in [4.78, 5) is 13.3. The van der Waals surface area contributed by atoms with E-state index in [1.807, 2.05) is 24.4 Å². The molecule has 0 unspecified atom stereocenters. The van der Waals surface area contributed by atoms with Gasteiger partial charge in [0.2, 0.25) is 0 Å². The van der Waals surface area contributed by atoms with Crippen molar-refractivity contribution in [3.05, 3.63) is 65.4 Å². The number of nitrogens with two attached hydrogens (primary N) is 1. The van der Waals surface area contributed by atoms with Crippen LogP contribution in [-0.4, -0.2) is 28.8 Å². The molecule has 6 nitrogen and oxygen atoms in total. The average Bonchev–Trinajstić information content (AvgIpc) is 3.08. The van der Waals surface area contributed by atoms with Gasteiger partial charge in [0.25, 0.3) is 5.91 Å². The first-order valence-electron chi connectivity index (χ1n) is 9.68. The Morgan fingerprint density at radius 1 is 1.27 bits per heavy atom. The van der Waals surface area contributed by atoms with Crippen LogP contribution in [0.3, 0.4) is 0 Å². The zero-order valence-corrected chi connectivity index (χ0v) is 16.6. The average molecular weight is 412 g/mol. The Kier molecular flexibility index (Phi) is 5.39. The van der Waals surface area contributed by atoms with Crippen LogP contribution in [-0.2, 0) is 24.8 Å². The number of carbonyl (C=O) groups excluding carboxylic acids is 1. The van der Waals surface area contributed by atoms with E-state index >= 15 is 0 Å². The molecule has 0 atom stereocenters. The Balaban J connectivity index is 1.67. The lowest BCUT2D eigenvalue weighted by atomic mass is 9.99. The Hall–Kier alpha value is -3.42. The molecule has 1 aliphatic rings. The predicted octanol–water partition coefficient (Wildman–Crippen LogP) is 3.18. The standard InChI is InChI=1S/C22H22F2N4O2/c1-27-11-14(22(26-27)17-10-15(23)7-8-18(17)24)12-28-9-3-4-16-19(28)5-2-6-20(16)30-13-21(25)29/h2,5-8,10-11H,3-4,9,12-13H2,1H3,(H2,25,29). The summed E-state index contributed by atoms with van der Waals surface area (Å²) < 4.78 is 35.3. The molecule has 156 valence electrons. The van der Waals surface area contributed by atoms with Gasteiger partial charge in [-0.25, -0.2) is 8.78 Å². The number of ether oxygens (including phenoxy) is 1. The quantitative estimate of drug-likeness (QED) is 0.675. The number of rotatable bonds is 6. The zero-order chi connectivity index (χ0) is 21.3. The molecule has 0 saturated heterocycles. The molecule has 0 fully saturated rings. The van der Waals surface area contributed by atoms with E-state index in [1.165, 1.54) is 6.07 Å². The van der Waals surface area contributed by atoms with Gasteiger partial charge in [0.05, 0.1) is 0 Å². The highest BCUT2D eigenvalue weighted by atomic mass is 19.1. The third kappa shape index (κ3) is 3.98. The van der Waals surface area contributed by atoms with E-state index in [2.05, 4.69) is 10.00 Å². The molecule has 3 aromatic rings. The second kappa shape index (κ2) is 8.14. The number of benzene rings is 2. The number of carbonyl (C=O) groups is 1. The van der Waals surface area contributed by atoms with Crippen LogP contribution in [0.4, 0.5) is 14.5 Å². The van der Waals surface area contributed by atoms with E-state index in [0.29, 0.717) is 18.0 Å². The number of hydrogen-bond donors (Lipinski definition) is 1. The molecule has 0 spiro atoms. The van der Waals surface area contributed by atoms with Crippen molar-refractivity contribution in [1.29, 1.82) is 0 Å². The number of halogens is 2. The van der Waals surface area contributed by atoms with E-state index in [1.54, 1.807) is 11.7 Å². The smallest absolute Gasteiger partial charge is 0.255 e. The van der Waals surface area contributed by atoms with E-state index < -0.39 is 17.5 Å². The molecule has 2 heterocycles. The molecule has 8 heteroatoms. The molecule has 1 aliphatic heterocycles. The summed E-state index contributed by atoms with van der Waals surface area (Å²) >= 11 is 0. The summed E-state index contributed by atoms with van der Waals surface area (Å²) in [6, 6.07) is 9.05. The van der Waals surface area contributed by atoms with Crippen molar-refractivity contribution in [3.8, 4) is 17.0 Å². The van der Waals surface area contributed by atoms with Gasteiger partial charge in [-0.05, 0) is 43.2 Å². The SMILES string of the molecule is Cn1cc(CN2CCCc3c(OCC(N)=O)cccc32)c(-c2cc(F)ccc2F)n1. The molecule has 1 amide bonds. The van der Waals surface area contributed by atoms with Crippen LogP contribution >= 0.6 is 0 Å². The van der Waals surface area contributed by atoms with Crippen LogP contribution in [0.1, 0.15) is 17.5 Å². The summed E-state index contributed by atoms with van der Waals surface area (Å²) in [5, 5.41) is 4.38. The van der Waals surface area contributed by atoms with Gasteiger partial charge >= 0.3 is 0 Å². The summed E-state index contributed by atoms with van der Waals surface area (Å²) in [6.07, 6.45) is 3.54. The van der Waals surface area contributed by atoms with Crippen LogP contribution in [0.25, 0.3) is 11.3 Å². The van der Waals surface area contributed by atoms with Crippen molar-refractivity contribution in [3.63, 3.8) is 0 Å². The minimum Gasteiger partial charge on any atom is -0.483 e. The molecule has 0 radical (unpaired) electrons. The largest absolute Gasteiger partial charge is 0.483 e. The maximum absolute atomic E-state index is 14.4. The monoisotopic (exact) mass is 412 g/mol. The van der Waals surface area contributed by atoms with Crippen LogP contribution in [0, 0.1) is 11.6 Å². The number of hydrogen-bond acceptors (Lipinski definition) is 4. The summed E-state index contributed by atoms with van der Waals surface area (Å²) in [5.41, 5.74) is 8.54. The maximum Gasteiger partial charge on any atom is 0.255 e. The summed E-state index contributed by atoms with van der Waals surface area (Å²) in [6.45, 7) is 1.10. The van der Waals surface area contributed by atoms with Crippen LogP contribution in [0.5, 0.6) is 5.75 Å². The predicted molar refractivity (Wildman–Crippen MR) is 109 cm³/mol. The van der Waals surface area contributed by atoms with E-state index in [-0.39, 0.29) is 12.2 Å². The van der Waals surface area contributed by atoms with Crippen LogP contribution < -0.4 is 15.4 Å². The first-order valence-corrected chi connectivity index (χ1v) is 9.68. The molecular weight excluding hydrogens is 390 g/mol. The first-order chi connectivity index (χ1) is 14.4. The fraction of sp³-hybridized carbons (Fsp3) is 0.273. The summed E-state index contributed by atoms with van der Waals surface area (Å²) in [7, 11) is 1.75. The lowest BCUT2D eigenvalue weighted by molar-refractivity contribution is -0.119. The second-order valence-corrected chi connectivity index (χ2v) is 7.33. The first kappa shape index (κ1) is 19.9. The van der Waals surface area contributed by atoms with Gasteiger partial charge < -0.3 is 15.4 Å². The van der Waals surface area contributed by atoms with Crippen molar-refractivity contribution >= 4 is 11.6 Å². The number of fused-ring (bicyclic) bond motifs is 1. The van der Waals surface area contributed by atoms with Gasteiger partial charge in [0.1, 0.15) is 23.1 Å². The van der Waals surface area contributed by atoms with E-state index in [9.17, 15) is 13.6 Å². The van der Waals surface area contributed by atoms with Gasteiger partial charge in [0, 0.05) is 48.7 Å². The molecule has 2 aromatic carbocycles. The molecular formula is C22H22F2N4O2. The fourth-order valence-electron chi connectivity index (χ4n) is 3.88. The minimum atomic E-state index is -0.530. The van der Waals surface area contributed by atoms with E-state index in [4.69, 9.17) is 10.5 Å². The zero-order valence-electron chi connectivity index (χ0n) is 16.6. The number of amides is 1. The summed E-state index contributed by atoms with van der Waals surface area (Å²) in [5.74, 6) is -0.920. The van der Waals surface area contributed by atoms with Gasteiger partial charge in [0.15, 0.2) is 6.61 Å². The highest BCUT2D eigenvalue weighted by Gasteiger charge is 2.23. The third-order valence-electron chi connectivity index (χ3n) is 5.12. The molecule has 1 aromatic heterocycles. The van der Waals surface area contributed by atoms with Crippen molar-refractivity contribution < 1.29 is 18.3 Å². The Morgan fingerprint density at radius 2 is 2.10 bits per heavy atom. The van der Waals surface area contributed by atoms with Crippen LogP contribution in [0.15, 0.2) is 42.6 Å². The molecule has 0 bridgehead atoms. The van der Waals surface area contributed by atoms with Crippen molar-refractivity contribution in [2.45, 2.75) is 19.4 Å². The third-order valence-corrected chi connectivity index (χ3v) is 5.12.